The van der Waals surface area contributed by atoms with Gasteiger partial charge in [-0.3, -0.25) is 0 Å². The normalized spacial score (nSPS) is 14.1. The van der Waals surface area contributed by atoms with Crippen molar-refractivity contribution in [2.75, 3.05) is 14.1 Å². The van der Waals surface area contributed by atoms with Crippen molar-refractivity contribution >= 4 is 8.96 Å². The third-order valence-electron chi connectivity index (χ3n) is 2.09. The zero-order chi connectivity index (χ0) is 7.98. The van der Waals surface area contributed by atoms with E-state index in [-0.39, 0.29) is 0 Å². The molecule has 0 aliphatic rings. The Balaban J connectivity index is 3.40. The lowest BCUT2D eigenvalue weighted by molar-refractivity contribution is 0.625. The Kier molecular flexibility index (Phi) is 6.03. The lowest BCUT2D eigenvalue weighted by Crippen LogP contribution is -2.31. The second-order valence-corrected chi connectivity index (χ2v) is 6.90. The van der Waals surface area contributed by atoms with E-state index in [4.69, 9.17) is 0 Å². The van der Waals surface area contributed by atoms with Crippen LogP contribution in [0.4, 0.5) is 0 Å². The highest BCUT2D eigenvalue weighted by Gasteiger charge is 2.08. The maximum atomic E-state index is 2.47. The van der Waals surface area contributed by atoms with Crippen LogP contribution in [-0.2, 0) is 0 Å². The van der Waals surface area contributed by atoms with Gasteiger partial charge in [0.1, 0.15) is 8.96 Å². The molecule has 1 nitrogen and oxygen atoms in total. The molecule has 0 aromatic rings. The summed E-state index contributed by atoms with van der Waals surface area (Å²) in [5.41, 5.74) is 0. The minimum Gasteiger partial charge on any atom is -0.331 e. The number of rotatable bonds is 5. The molecule has 0 aromatic heterocycles. The van der Waals surface area contributed by atoms with Gasteiger partial charge in [-0.1, -0.05) is 26.7 Å². The Morgan fingerprint density at radius 1 is 1.20 bits per heavy atom. The summed E-state index contributed by atoms with van der Waals surface area (Å²) >= 11 is 0. The molecule has 0 saturated carbocycles. The molecule has 0 aliphatic heterocycles. The van der Waals surface area contributed by atoms with Crippen molar-refractivity contribution in [1.29, 1.82) is 0 Å². The summed E-state index contributed by atoms with van der Waals surface area (Å²) in [6.07, 6.45) is 2.79. The van der Waals surface area contributed by atoms with Gasteiger partial charge in [0.25, 0.3) is 0 Å². The summed E-state index contributed by atoms with van der Waals surface area (Å²) in [6.45, 7) is 4.60. The van der Waals surface area contributed by atoms with Crippen LogP contribution in [0.2, 0.25) is 12.1 Å². The number of unbranched alkanes of at least 4 members (excludes halogenated alkanes) is 1. The van der Waals surface area contributed by atoms with Crippen LogP contribution in [0.15, 0.2) is 0 Å². The largest absolute Gasteiger partial charge is 0.331 e. The molecule has 0 heterocycles. The molecule has 2 heteroatoms. The predicted octanol–water partition coefficient (Wildman–Crippen LogP) is 2.09. The minimum atomic E-state index is -0.471. The van der Waals surface area contributed by atoms with Gasteiger partial charge < -0.3 is 4.57 Å². The average molecular weight is 159 g/mol. The zero-order valence-electron chi connectivity index (χ0n) is 7.85. The molecular weight excluding hydrogens is 138 g/mol. The van der Waals surface area contributed by atoms with E-state index in [1.54, 1.807) is 0 Å². The van der Waals surface area contributed by atoms with E-state index in [9.17, 15) is 0 Å². The molecule has 0 rings (SSSR count). The topological polar surface area (TPSA) is 3.24 Å². The van der Waals surface area contributed by atoms with Crippen molar-refractivity contribution < 1.29 is 0 Å². The van der Waals surface area contributed by atoms with E-state index < -0.39 is 8.96 Å². The van der Waals surface area contributed by atoms with E-state index in [1.165, 1.54) is 24.9 Å². The molecule has 1 atom stereocenters. The lowest BCUT2D eigenvalue weighted by Gasteiger charge is -2.20. The van der Waals surface area contributed by atoms with Gasteiger partial charge in [-0.15, -0.1) is 0 Å². The second kappa shape index (κ2) is 5.92. The molecule has 0 radical (unpaired) electrons. The minimum absolute atomic E-state index is 0.471. The van der Waals surface area contributed by atoms with E-state index in [2.05, 4.69) is 32.5 Å². The molecule has 1 unspecified atom stereocenters. The van der Waals surface area contributed by atoms with Crippen LogP contribution in [0.25, 0.3) is 0 Å². The Labute approximate surface area is 67.1 Å². The van der Waals surface area contributed by atoms with Crippen molar-refractivity contribution in [2.45, 2.75) is 38.8 Å². The maximum absolute atomic E-state index is 2.47. The van der Waals surface area contributed by atoms with Crippen molar-refractivity contribution in [3.63, 3.8) is 0 Å². The van der Waals surface area contributed by atoms with Gasteiger partial charge in [0.2, 0.25) is 0 Å². The van der Waals surface area contributed by atoms with Crippen LogP contribution in [0.5, 0.6) is 0 Å². The van der Waals surface area contributed by atoms with Gasteiger partial charge >= 0.3 is 0 Å². The molecule has 0 amide bonds. The fraction of sp³-hybridized carbons (Fsp3) is 1.00. The van der Waals surface area contributed by atoms with Crippen molar-refractivity contribution in [3.05, 3.63) is 0 Å². The number of hydrogen-bond donors (Lipinski definition) is 0. The Bertz CT molecular complexity index is 73.7. The highest BCUT2D eigenvalue weighted by molar-refractivity contribution is 6.55. The third-order valence-corrected chi connectivity index (χ3v) is 5.57. The van der Waals surface area contributed by atoms with Crippen molar-refractivity contribution in [3.8, 4) is 0 Å². The zero-order valence-corrected chi connectivity index (χ0v) is 9.01. The quantitative estimate of drug-likeness (QED) is 0.555. The highest BCUT2D eigenvalue weighted by atomic mass is 28.3. The van der Waals surface area contributed by atoms with E-state index >= 15 is 0 Å². The van der Waals surface area contributed by atoms with Gasteiger partial charge in [-0.05, 0) is 26.2 Å². The summed E-state index contributed by atoms with van der Waals surface area (Å²) in [7, 11) is 3.99. The summed E-state index contributed by atoms with van der Waals surface area (Å²) < 4.78 is 2.47. The van der Waals surface area contributed by atoms with Crippen LogP contribution in [0, 0.1) is 0 Å². The van der Waals surface area contributed by atoms with Crippen LogP contribution < -0.4 is 0 Å². The Morgan fingerprint density at radius 3 is 2.10 bits per heavy atom. The van der Waals surface area contributed by atoms with Crippen molar-refractivity contribution in [2.24, 2.45) is 0 Å². The van der Waals surface area contributed by atoms with Gasteiger partial charge in [-0.2, -0.15) is 0 Å². The molecule has 0 aliphatic carbocycles. The first-order chi connectivity index (χ1) is 4.72. The number of nitrogens with zero attached hydrogens (tertiary/aromatic N) is 1. The monoisotopic (exact) mass is 159 g/mol. The molecule has 0 fully saturated rings. The molecule has 10 heavy (non-hydrogen) atoms. The molecular formula is C8H21NSi. The highest BCUT2D eigenvalue weighted by Crippen LogP contribution is 2.06. The standard InChI is InChI=1S/C8H21NSi/c1-5-7-8-10(6-2)9(3)4/h10H,5-8H2,1-4H3. The first kappa shape index (κ1) is 10.2. The molecule has 62 valence electrons. The average Bonchev–Trinajstić information content (AvgIpc) is 1.89. The summed E-state index contributed by atoms with van der Waals surface area (Å²) in [6, 6.07) is 2.92. The van der Waals surface area contributed by atoms with Crippen LogP contribution in [0.1, 0.15) is 26.7 Å². The second-order valence-electron chi connectivity index (χ2n) is 3.17. The maximum Gasteiger partial charge on any atom is 0.111 e. The smallest absolute Gasteiger partial charge is 0.111 e. The van der Waals surface area contributed by atoms with E-state index in [0.29, 0.717) is 0 Å². The fourth-order valence-electron chi connectivity index (χ4n) is 1.27. The van der Waals surface area contributed by atoms with Gasteiger partial charge in [0.15, 0.2) is 0 Å². The molecule has 0 N–H and O–H groups in total. The summed E-state index contributed by atoms with van der Waals surface area (Å²) in [4.78, 5) is 0. The van der Waals surface area contributed by atoms with E-state index in [0.717, 1.165) is 0 Å². The van der Waals surface area contributed by atoms with Crippen LogP contribution in [-0.4, -0.2) is 27.6 Å². The molecule has 0 saturated heterocycles. The summed E-state index contributed by atoms with van der Waals surface area (Å²) in [5.74, 6) is 0. The lowest BCUT2D eigenvalue weighted by atomic mass is 10.4. The predicted molar refractivity (Wildman–Crippen MR) is 51.0 cm³/mol. The van der Waals surface area contributed by atoms with Gasteiger partial charge in [0, 0.05) is 0 Å². The number of hydrogen-bond acceptors (Lipinski definition) is 1. The van der Waals surface area contributed by atoms with Gasteiger partial charge in [-0.25, -0.2) is 0 Å². The molecule has 0 aromatic carbocycles. The molecule has 0 bridgehead atoms. The Hall–Kier alpha value is 0.177. The SMILES string of the molecule is CCCC[SiH](CC)N(C)C. The summed E-state index contributed by atoms with van der Waals surface area (Å²) in [5, 5.41) is 0. The third kappa shape index (κ3) is 4.07. The van der Waals surface area contributed by atoms with Crippen LogP contribution >= 0.6 is 0 Å². The van der Waals surface area contributed by atoms with Crippen LogP contribution in [0.3, 0.4) is 0 Å². The Morgan fingerprint density at radius 2 is 1.80 bits per heavy atom. The van der Waals surface area contributed by atoms with E-state index in [1.807, 2.05) is 0 Å². The van der Waals surface area contributed by atoms with Gasteiger partial charge in [0.05, 0.1) is 0 Å². The first-order valence-electron chi connectivity index (χ1n) is 4.38. The first-order valence-corrected chi connectivity index (χ1v) is 6.53. The van der Waals surface area contributed by atoms with Crippen molar-refractivity contribution in [1.82, 2.24) is 4.57 Å². The fourth-order valence-corrected chi connectivity index (χ4v) is 3.80. The molecule has 0 spiro atoms.